The Morgan fingerprint density at radius 2 is 2.31 bits per heavy atom. The lowest BCUT2D eigenvalue weighted by molar-refractivity contribution is 0.0932. The van der Waals surface area contributed by atoms with Gasteiger partial charge in [-0.15, -0.1) is 0 Å². The van der Waals surface area contributed by atoms with E-state index in [1.165, 1.54) is 12.4 Å². The van der Waals surface area contributed by atoms with Gasteiger partial charge < -0.3 is 11.1 Å². The maximum absolute atomic E-state index is 11.7. The number of hydrogen-bond donors (Lipinski definition) is 2. The molecule has 0 radical (unpaired) electrons. The summed E-state index contributed by atoms with van der Waals surface area (Å²) in [6.45, 7) is 4.10. The van der Waals surface area contributed by atoms with Crippen LogP contribution in [0.1, 0.15) is 43.6 Å². The lowest BCUT2D eigenvalue weighted by atomic mass is 10.1. The number of nitrogens with zero attached hydrogens (tertiary/aromatic N) is 2. The highest BCUT2D eigenvalue weighted by molar-refractivity contribution is 5.92. The third-order valence-corrected chi connectivity index (χ3v) is 2.25. The van der Waals surface area contributed by atoms with Crippen LogP contribution in [-0.4, -0.2) is 21.9 Å². The van der Waals surface area contributed by atoms with Gasteiger partial charge in [0.2, 0.25) is 0 Å². The summed E-state index contributed by atoms with van der Waals surface area (Å²) in [5.41, 5.74) is 5.72. The molecule has 1 unspecified atom stereocenters. The molecule has 0 bridgehead atoms. The zero-order valence-electron chi connectivity index (χ0n) is 9.73. The molecule has 1 amide bonds. The molecule has 1 heterocycles. The first-order valence-corrected chi connectivity index (χ1v) is 5.52. The molecule has 0 aliphatic rings. The number of nitrogen functional groups attached to an aromatic ring is 1. The number of hydrogen-bond acceptors (Lipinski definition) is 4. The van der Waals surface area contributed by atoms with E-state index in [9.17, 15) is 4.79 Å². The Bertz CT molecular complexity index is 354. The van der Waals surface area contributed by atoms with Crippen LogP contribution in [0.15, 0.2) is 12.4 Å². The first kappa shape index (κ1) is 12.4. The Labute approximate surface area is 95.5 Å². The minimum absolute atomic E-state index is 0.149. The molecule has 3 N–H and O–H groups in total. The molecule has 1 aromatic heterocycles. The summed E-state index contributed by atoms with van der Waals surface area (Å²) in [7, 11) is 0. The first-order chi connectivity index (χ1) is 7.63. The summed E-state index contributed by atoms with van der Waals surface area (Å²) in [5, 5.41) is 2.86. The fourth-order valence-corrected chi connectivity index (χ4v) is 1.37. The Balaban J connectivity index is 2.52. The van der Waals surface area contributed by atoms with Crippen LogP contribution in [0, 0.1) is 0 Å². The lowest BCUT2D eigenvalue weighted by Crippen LogP contribution is -2.33. The third kappa shape index (κ3) is 3.84. The summed E-state index contributed by atoms with van der Waals surface area (Å²) in [6.07, 6.45) is 6.02. The molecule has 0 fully saturated rings. The molecule has 0 saturated carbocycles. The second-order valence-electron chi connectivity index (χ2n) is 3.85. The van der Waals surface area contributed by atoms with Gasteiger partial charge >= 0.3 is 0 Å². The highest BCUT2D eigenvalue weighted by atomic mass is 16.1. The van der Waals surface area contributed by atoms with Crippen molar-refractivity contribution in [3.8, 4) is 0 Å². The number of anilines is 1. The van der Waals surface area contributed by atoms with Crippen molar-refractivity contribution < 1.29 is 4.79 Å². The van der Waals surface area contributed by atoms with Crippen LogP contribution in [-0.2, 0) is 0 Å². The molecule has 0 aliphatic carbocycles. The number of carbonyl (C=O) groups excluding carboxylic acids is 1. The fraction of sp³-hybridized carbons (Fsp3) is 0.545. The van der Waals surface area contributed by atoms with Crippen LogP contribution < -0.4 is 11.1 Å². The van der Waals surface area contributed by atoms with E-state index in [-0.39, 0.29) is 23.5 Å². The Hall–Kier alpha value is -1.65. The number of nitrogens with two attached hydrogens (primary N) is 1. The van der Waals surface area contributed by atoms with Crippen molar-refractivity contribution in [2.24, 2.45) is 0 Å². The number of nitrogens with one attached hydrogen (secondary N) is 1. The average Bonchev–Trinajstić information content (AvgIpc) is 2.26. The lowest BCUT2D eigenvalue weighted by Gasteiger charge is -2.12. The quantitative estimate of drug-likeness (QED) is 0.788. The SMILES string of the molecule is CCCCC(C)NC(=O)c1cncc(N)n1. The number of amides is 1. The van der Waals surface area contributed by atoms with Crippen LogP contribution in [0.25, 0.3) is 0 Å². The second kappa shape index (κ2) is 6.05. The van der Waals surface area contributed by atoms with Gasteiger partial charge in [0.25, 0.3) is 5.91 Å². The van der Waals surface area contributed by atoms with Gasteiger partial charge in [0, 0.05) is 6.04 Å². The number of aromatic nitrogens is 2. The molecule has 1 rings (SSSR count). The highest BCUT2D eigenvalue weighted by Gasteiger charge is 2.11. The minimum atomic E-state index is -0.219. The smallest absolute Gasteiger partial charge is 0.271 e. The molecular formula is C11H18N4O. The summed E-state index contributed by atoms with van der Waals surface area (Å²) < 4.78 is 0. The largest absolute Gasteiger partial charge is 0.382 e. The van der Waals surface area contributed by atoms with E-state index in [0.717, 1.165) is 19.3 Å². The van der Waals surface area contributed by atoms with Crippen LogP contribution in [0.4, 0.5) is 5.82 Å². The molecule has 5 heteroatoms. The average molecular weight is 222 g/mol. The Morgan fingerprint density at radius 1 is 1.56 bits per heavy atom. The van der Waals surface area contributed by atoms with E-state index in [2.05, 4.69) is 22.2 Å². The second-order valence-corrected chi connectivity index (χ2v) is 3.85. The third-order valence-electron chi connectivity index (χ3n) is 2.25. The van der Waals surface area contributed by atoms with Crippen molar-refractivity contribution >= 4 is 11.7 Å². The van der Waals surface area contributed by atoms with Crippen molar-refractivity contribution in [2.45, 2.75) is 39.2 Å². The van der Waals surface area contributed by atoms with Crippen molar-refractivity contribution in [3.05, 3.63) is 18.1 Å². The summed E-state index contributed by atoms with van der Waals surface area (Å²) in [4.78, 5) is 19.4. The predicted molar refractivity (Wildman–Crippen MR) is 62.9 cm³/mol. The first-order valence-electron chi connectivity index (χ1n) is 5.52. The summed E-state index contributed by atoms with van der Waals surface area (Å²) in [6, 6.07) is 0.149. The van der Waals surface area contributed by atoms with E-state index >= 15 is 0 Å². The number of unbranched alkanes of at least 4 members (excludes halogenated alkanes) is 1. The van der Waals surface area contributed by atoms with Gasteiger partial charge in [-0.05, 0) is 13.3 Å². The fourth-order valence-electron chi connectivity index (χ4n) is 1.37. The molecule has 0 aromatic carbocycles. The predicted octanol–water partition coefficient (Wildman–Crippen LogP) is 1.37. The monoisotopic (exact) mass is 222 g/mol. The molecular weight excluding hydrogens is 204 g/mol. The highest BCUT2D eigenvalue weighted by Crippen LogP contribution is 2.02. The molecule has 16 heavy (non-hydrogen) atoms. The van der Waals surface area contributed by atoms with Gasteiger partial charge in [-0.3, -0.25) is 9.78 Å². The van der Waals surface area contributed by atoms with E-state index < -0.39 is 0 Å². The van der Waals surface area contributed by atoms with Gasteiger partial charge in [0.15, 0.2) is 0 Å². The van der Waals surface area contributed by atoms with Crippen LogP contribution in [0.2, 0.25) is 0 Å². The zero-order chi connectivity index (χ0) is 12.0. The van der Waals surface area contributed by atoms with E-state index in [4.69, 9.17) is 5.73 Å². The van der Waals surface area contributed by atoms with Gasteiger partial charge in [0.05, 0.1) is 12.4 Å². The maximum atomic E-state index is 11.7. The minimum Gasteiger partial charge on any atom is -0.382 e. The number of carbonyl (C=O) groups is 1. The zero-order valence-corrected chi connectivity index (χ0v) is 9.73. The molecule has 0 spiro atoms. The van der Waals surface area contributed by atoms with Gasteiger partial charge in [0.1, 0.15) is 11.5 Å². The summed E-state index contributed by atoms with van der Waals surface area (Å²) >= 11 is 0. The normalized spacial score (nSPS) is 12.1. The van der Waals surface area contributed by atoms with Crippen LogP contribution in [0.5, 0.6) is 0 Å². The molecule has 0 aliphatic heterocycles. The van der Waals surface area contributed by atoms with Crippen molar-refractivity contribution in [3.63, 3.8) is 0 Å². The van der Waals surface area contributed by atoms with Crippen LogP contribution in [0.3, 0.4) is 0 Å². The standard InChI is InChI=1S/C11H18N4O/c1-3-4-5-8(2)14-11(16)9-6-13-7-10(12)15-9/h6-8H,3-5H2,1-2H3,(H2,12,15)(H,14,16). The molecule has 1 atom stereocenters. The molecule has 1 aromatic rings. The topological polar surface area (TPSA) is 80.9 Å². The van der Waals surface area contributed by atoms with Crippen molar-refractivity contribution in [1.29, 1.82) is 0 Å². The number of rotatable bonds is 5. The summed E-state index contributed by atoms with van der Waals surface area (Å²) in [5.74, 6) is 0.0391. The molecule has 5 nitrogen and oxygen atoms in total. The van der Waals surface area contributed by atoms with Gasteiger partial charge in [-0.2, -0.15) is 0 Å². The van der Waals surface area contributed by atoms with Gasteiger partial charge in [-0.25, -0.2) is 4.98 Å². The van der Waals surface area contributed by atoms with E-state index in [1.54, 1.807) is 0 Å². The Kier molecular flexibility index (Phi) is 4.69. The van der Waals surface area contributed by atoms with Crippen molar-refractivity contribution in [1.82, 2.24) is 15.3 Å². The maximum Gasteiger partial charge on any atom is 0.271 e. The molecule has 0 saturated heterocycles. The van der Waals surface area contributed by atoms with Crippen LogP contribution >= 0.6 is 0 Å². The Morgan fingerprint density at radius 3 is 2.94 bits per heavy atom. The van der Waals surface area contributed by atoms with E-state index in [1.807, 2.05) is 6.92 Å². The molecule has 88 valence electrons. The van der Waals surface area contributed by atoms with Crippen molar-refractivity contribution in [2.75, 3.05) is 5.73 Å². The van der Waals surface area contributed by atoms with Gasteiger partial charge in [-0.1, -0.05) is 19.8 Å². The van der Waals surface area contributed by atoms with E-state index in [0.29, 0.717) is 0 Å².